The fourth-order valence-electron chi connectivity index (χ4n) is 3.39. The number of benzene rings is 1. The quantitative estimate of drug-likeness (QED) is 0.909. The Bertz CT molecular complexity index is 550. The standard InChI is InChI=1S/C18H22N2/c1-19-18(16-9-5-11-20-13-16)12-15-8-4-7-14-6-2-3-10-17(14)15/h2-3,5-6,9-11,13,15,18-19H,4,7-8,12H2,1H3. The molecule has 2 atom stereocenters. The number of nitrogens with one attached hydrogen (secondary N) is 1. The zero-order chi connectivity index (χ0) is 13.8. The van der Waals surface area contributed by atoms with E-state index in [-0.39, 0.29) is 0 Å². The van der Waals surface area contributed by atoms with Crippen LogP contribution in [0, 0.1) is 0 Å². The third kappa shape index (κ3) is 2.75. The molecule has 2 unspecified atom stereocenters. The third-order valence-corrected chi connectivity index (χ3v) is 4.45. The van der Waals surface area contributed by atoms with Crippen LogP contribution in [0.2, 0.25) is 0 Å². The molecule has 104 valence electrons. The van der Waals surface area contributed by atoms with Crippen LogP contribution in [-0.4, -0.2) is 12.0 Å². The van der Waals surface area contributed by atoms with E-state index in [1.807, 2.05) is 25.5 Å². The maximum atomic E-state index is 4.25. The summed E-state index contributed by atoms with van der Waals surface area (Å²) in [5.41, 5.74) is 4.39. The molecule has 2 heteroatoms. The van der Waals surface area contributed by atoms with Crippen LogP contribution in [0.5, 0.6) is 0 Å². The lowest BCUT2D eigenvalue weighted by molar-refractivity contribution is 0.439. The van der Waals surface area contributed by atoms with Crippen molar-refractivity contribution in [1.82, 2.24) is 10.3 Å². The molecule has 1 N–H and O–H groups in total. The van der Waals surface area contributed by atoms with Crippen molar-refractivity contribution in [3.05, 3.63) is 65.5 Å². The number of hydrogen-bond donors (Lipinski definition) is 1. The summed E-state index contributed by atoms with van der Waals surface area (Å²) >= 11 is 0. The van der Waals surface area contributed by atoms with E-state index in [0.717, 1.165) is 6.42 Å². The summed E-state index contributed by atoms with van der Waals surface area (Å²) in [7, 11) is 2.05. The maximum absolute atomic E-state index is 4.25. The molecule has 0 saturated carbocycles. The molecule has 0 fully saturated rings. The molecule has 0 aliphatic heterocycles. The molecule has 0 spiro atoms. The van der Waals surface area contributed by atoms with E-state index in [1.165, 1.54) is 24.8 Å². The van der Waals surface area contributed by atoms with Crippen molar-refractivity contribution in [2.24, 2.45) is 0 Å². The van der Waals surface area contributed by atoms with Gasteiger partial charge in [-0.25, -0.2) is 0 Å². The van der Waals surface area contributed by atoms with Gasteiger partial charge in [0, 0.05) is 18.4 Å². The van der Waals surface area contributed by atoms with Crippen LogP contribution in [0.15, 0.2) is 48.8 Å². The van der Waals surface area contributed by atoms with Crippen molar-refractivity contribution >= 4 is 0 Å². The highest BCUT2D eigenvalue weighted by Crippen LogP contribution is 2.37. The Labute approximate surface area is 121 Å². The molecule has 2 aromatic rings. The summed E-state index contributed by atoms with van der Waals surface area (Å²) in [5.74, 6) is 0.664. The first-order valence-electron chi connectivity index (χ1n) is 7.53. The van der Waals surface area contributed by atoms with Crippen LogP contribution in [0.4, 0.5) is 0 Å². The van der Waals surface area contributed by atoms with Gasteiger partial charge in [-0.2, -0.15) is 0 Å². The molecule has 1 aromatic heterocycles. The molecule has 20 heavy (non-hydrogen) atoms. The van der Waals surface area contributed by atoms with Gasteiger partial charge in [0.05, 0.1) is 0 Å². The zero-order valence-electron chi connectivity index (χ0n) is 12.0. The Morgan fingerprint density at radius 2 is 2.15 bits per heavy atom. The minimum Gasteiger partial charge on any atom is -0.313 e. The van der Waals surface area contributed by atoms with Gasteiger partial charge in [0.2, 0.25) is 0 Å². The summed E-state index contributed by atoms with van der Waals surface area (Å²) in [6.45, 7) is 0. The van der Waals surface area contributed by atoms with Gasteiger partial charge in [0.25, 0.3) is 0 Å². The van der Waals surface area contributed by atoms with Gasteiger partial charge in [-0.1, -0.05) is 30.3 Å². The molecule has 0 bridgehead atoms. The van der Waals surface area contributed by atoms with Crippen molar-refractivity contribution in [2.75, 3.05) is 7.05 Å². The minimum absolute atomic E-state index is 0.389. The molecule has 0 amide bonds. The molecule has 1 aliphatic rings. The number of pyridine rings is 1. The van der Waals surface area contributed by atoms with Crippen molar-refractivity contribution in [2.45, 2.75) is 37.6 Å². The van der Waals surface area contributed by atoms with E-state index >= 15 is 0 Å². The molecule has 0 radical (unpaired) electrons. The van der Waals surface area contributed by atoms with E-state index < -0.39 is 0 Å². The van der Waals surface area contributed by atoms with E-state index in [4.69, 9.17) is 0 Å². The number of rotatable bonds is 4. The highest BCUT2D eigenvalue weighted by molar-refractivity contribution is 5.33. The first-order valence-corrected chi connectivity index (χ1v) is 7.53. The Morgan fingerprint density at radius 1 is 1.25 bits per heavy atom. The second kappa shape index (κ2) is 6.19. The fourth-order valence-corrected chi connectivity index (χ4v) is 3.39. The topological polar surface area (TPSA) is 24.9 Å². The van der Waals surface area contributed by atoms with Crippen molar-refractivity contribution in [3.8, 4) is 0 Å². The maximum Gasteiger partial charge on any atom is 0.0338 e. The van der Waals surface area contributed by atoms with Crippen LogP contribution in [0.25, 0.3) is 0 Å². The fraction of sp³-hybridized carbons (Fsp3) is 0.389. The number of fused-ring (bicyclic) bond motifs is 1. The lowest BCUT2D eigenvalue weighted by atomic mass is 9.79. The van der Waals surface area contributed by atoms with Crippen LogP contribution in [-0.2, 0) is 6.42 Å². The van der Waals surface area contributed by atoms with Gasteiger partial charge < -0.3 is 5.32 Å². The smallest absolute Gasteiger partial charge is 0.0338 e. The average molecular weight is 266 g/mol. The molecule has 2 nitrogen and oxygen atoms in total. The Kier molecular flexibility index (Phi) is 4.12. The van der Waals surface area contributed by atoms with Gasteiger partial charge in [-0.3, -0.25) is 4.98 Å². The third-order valence-electron chi connectivity index (χ3n) is 4.45. The first kappa shape index (κ1) is 13.3. The van der Waals surface area contributed by atoms with Gasteiger partial charge in [-0.15, -0.1) is 0 Å². The number of aromatic nitrogens is 1. The molecule has 1 aliphatic carbocycles. The Hall–Kier alpha value is -1.67. The Morgan fingerprint density at radius 3 is 2.95 bits per heavy atom. The lowest BCUT2D eigenvalue weighted by Gasteiger charge is -2.29. The number of nitrogens with zero attached hydrogens (tertiary/aromatic N) is 1. The van der Waals surface area contributed by atoms with E-state index in [9.17, 15) is 0 Å². The first-order chi connectivity index (χ1) is 9.88. The number of hydrogen-bond acceptors (Lipinski definition) is 2. The largest absolute Gasteiger partial charge is 0.313 e. The van der Waals surface area contributed by atoms with E-state index in [2.05, 4.69) is 40.6 Å². The van der Waals surface area contributed by atoms with Gasteiger partial charge >= 0.3 is 0 Å². The van der Waals surface area contributed by atoms with Crippen LogP contribution < -0.4 is 5.32 Å². The second-order valence-corrected chi connectivity index (χ2v) is 5.65. The van der Waals surface area contributed by atoms with Crippen molar-refractivity contribution in [1.29, 1.82) is 0 Å². The van der Waals surface area contributed by atoms with Crippen LogP contribution in [0.1, 0.15) is 47.9 Å². The van der Waals surface area contributed by atoms with Crippen LogP contribution >= 0.6 is 0 Å². The second-order valence-electron chi connectivity index (χ2n) is 5.65. The SMILES string of the molecule is CNC(CC1CCCc2ccccc21)c1cccnc1. The van der Waals surface area contributed by atoms with Gasteiger partial charge in [0.1, 0.15) is 0 Å². The van der Waals surface area contributed by atoms with Gasteiger partial charge in [0.15, 0.2) is 0 Å². The zero-order valence-corrected chi connectivity index (χ0v) is 12.0. The summed E-state index contributed by atoms with van der Waals surface area (Å²) < 4.78 is 0. The van der Waals surface area contributed by atoms with E-state index in [1.54, 1.807) is 11.1 Å². The highest BCUT2D eigenvalue weighted by atomic mass is 14.9. The summed E-state index contributed by atoms with van der Waals surface area (Å²) in [6.07, 6.45) is 8.83. The molecule has 1 aromatic carbocycles. The van der Waals surface area contributed by atoms with Crippen LogP contribution in [0.3, 0.4) is 0 Å². The normalized spacial score (nSPS) is 19.4. The molecule has 3 rings (SSSR count). The van der Waals surface area contributed by atoms with Crippen molar-refractivity contribution in [3.63, 3.8) is 0 Å². The molecule has 1 heterocycles. The molecule has 0 saturated heterocycles. The van der Waals surface area contributed by atoms with Crippen molar-refractivity contribution < 1.29 is 0 Å². The summed E-state index contributed by atoms with van der Waals surface area (Å²) in [4.78, 5) is 4.25. The Balaban J connectivity index is 1.81. The minimum atomic E-state index is 0.389. The molecular formula is C18H22N2. The predicted octanol–water partition coefficient (Wildman–Crippen LogP) is 3.85. The van der Waals surface area contributed by atoms with E-state index in [0.29, 0.717) is 12.0 Å². The predicted molar refractivity (Wildman–Crippen MR) is 82.8 cm³/mol. The summed E-state index contributed by atoms with van der Waals surface area (Å²) in [5, 5.41) is 3.46. The van der Waals surface area contributed by atoms with Gasteiger partial charge in [-0.05, 0) is 61.4 Å². The molecular weight excluding hydrogens is 244 g/mol. The number of aryl methyl sites for hydroxylation is 1. The summed E-state index contributed by atoms with van der Waals surface area (Å²) in [6, 6.07) is 13.5. The highest BCUT2D eigenvalue weighted by Gasteiger charge is 2.23. The monoisotopic (exact) mass is 266 g/mol. The average Bonchev–Trinajstić information content (AvgIpc) is 2.53. The lowest BCUT2D eigenvalue weighted by Crippen LogP contribution is -2.21.